The monoisotopic (exact) mass is 348 g/mol. The molecule has 2 aromatic carbocycles. The van der Waals surface area contributed by atoms with E-state index in [2.05, 4.69) is 26.0 Å². The molecule has 1 aliphatic heterocycles. The van der Waals surface area contributed by atoms with Crippen LogP contribution in [0.15, 0.2) is 59.8 Å². The first kappa shape index (κ1) is 15.9. The van der Waals surface area contributed by atoms with E-state index in [1.807, 2.05) is 42.5 Å². The molecule has 26 heavy (non-hydrogen) atoms. The first-order chi connectivity index (χ1) is 12.7. The Kier molecular flexibility index (Phi) is 4.14. The molecular formula is C18H16N6O2. The fourth-order valence-electron chi connectivity index (χ4n) is 2.75. The fraction of sp³-hybridized carbons (Fsp3) is 0.167. The van der Waals surface area contributed by atoms with Crippen molar-refractivity contribution in [3.05, 3.63) is 66.0 Å². The van der Waals surface area contributed by atoms with E-state index in [4.69, 9.17) is 4.84 Å². The topological polar surface area (TPSA) is 94.3 Å². The summed E-state index contributed by atoms with van der Waals surface area (Å²) in [5, 5.41) is 18.2. The second-order valence-corrected chi connectivity index (χ2v) is 5.89. The lowest BCUT2D eigenvalue weighted by Gasteiger charge is -2.08. The van der Waals surface area contributed by atoms with Crippen LogP contribution >= 0.6 is 0 Å². The second-order valence-electron chi connectivity index (χ2n) is 5.89. The molecule has 1 aliphatic rings. The molecule has 3 aromatic rings. The minimum Gasteiger partial charge on any atom is -0.387 e. The molecule has 2 heterocycles. The molecule has 0 radical (unpaired) electrons. The number of hydrogen-bond acceptors (Lipinski definition) is 6. The second kappa shape index (κ2) is 6.75. The molecule has 130 valence electrons. The highest BCUT2D eigenvalue weighted by molar-refractivity contribution is 6.43. The number of nitrogens with one attached hydrogen (secondary N) is 1. The van der Waals surface area contributed by atoms with Gasteiger partial charge in [0.2, 0.25) is 0 Å². The van der Waals surface area contributed by atoms with Gasteiger partial charge in [0.25, 0.3) is 5.91 Å². The minimum atomic E-state index is -0.283. The number of carbonyl (C=O) groups is 1. The third-order valence-corrected chi connectivity index (χ3v) is 4.08. The van der Waals surface area contributed by atoms with Gasteiger partial charge in [0, 0.05) is 12.1 Å². The Morgan fingerprint density at radius 2 is 2.04 bits per heavy atom. The van der Waals surface area contributed by atoms with Gasteiger partial charge in [0.15, 0.2) is 11.9 Å². The average molecular weight is 348 g/mol. The van der Waals surface area contributed by atoms with Crippen molar-refractivity contribution < 1.29 is 9.63 Å². The Labute approximate surface area is 149 Å². The summed E-state index contributed by atoms with van der Waals surface area (Å²) < 4.78 is 1.59. The van der Waals surface area contributed by atoms with E-state index in [0.717, 1.165) is 11.3 Å². The van der Waals surface area contributed by atoms with Crippen LogP contribution in [0.3, 0.4) is 0 Å². The van der Waals surface area contributed by atoms with Gasteiger partial charge in [0.05, 0.1) is 5.69 Å². The summed E-state index contributed by atoms with van der Waals surface area (Å²) in [7, 11) is 0. The van der Waals surface area contributed by atoms with E-state index in [0.29, 0.717) is 23.6 Å². The first-order valence-corrected chi connectivity index (χ1v) is 8.15. The molecule has 1 unspecified atom stereocenters. The molecule has 1 amide bonds. The number of amides is 1. The van der Waals surface area contributed by atoms with Gasteiger partial charge in [-0.05, 0) is 41.1 Å². The summed E-state index contributed by atoms with van der Waals surface area (Å²) >= 11 is 0. The van der Waals surface area contributed by atoms with Crippen molar-refractivity contribution in [2.45, 2.75) is 19.4 Å². The highest BCUT2D eigenvalue weighted by atomic mass is 16.6. The summed E-state index contributed by atoms with van der Waals surface area (Å²) in [4.78, 5) is 17.9. The Balaban J connectivity index is 1.45. The number of nitrogens with zero attached hydrogens (tertiary/aromatic N) is 5. The number of oxime groups is 1. The average Bonchev–Trinajstić information content (AvgIpc) is 3.32. The summed E-state index contributed by atoms with van der Waals surface area (Å²) in [6, 6.07) is 17.0. The van der Waals surface area contributed by atoms with Crippen molar-refractivity contribution in [1.29, 1.82) is 0 Å². The van der Waals surface area contributed by atoms with Crippen LogP contribution in [0.1, 0.15) is 23.9 Å². The Morgan fingerprint density at radius 3 is 2.81 bits per heavy atom. The molecule has 0 saturated heterocycles. The summed E-state index contributed by atoms with van der Waals surface area (Å²) in [5.74, 6) is 0.377. The van der Waals surface area contributed by atoms with Gasteiger partial charge >= 0.3 is 0 Å². The van der Waals surface area contributed by atoms with Crippen molar-refractivity contribution in [2.24, 2.45) is 5.16 Å². The Morgan fingerprint density at radius 1 is 1.19 bits per heavy atom. The number of aromatic nitrogens is 4. The van der Waals surface area contributed by atoms with Crippen LogP contribution in [0.2, 0.25) is 0 Å². The number of hydrogen-bond donors (Lipinski definition) is 1. The van der Waals surface area contributed by atoms with Crippen molar-refractivity contribution >= 4 is 17.3 Å². The van der Waals surface area contributed by atoms with Gasteiger partial charge in [0.1, 0.15) is 5.71 Å². The van der Waals surface area contributed by atoms with Crippen molar-refractivity contribution in [1.82, 2.24) is 20.2 Å². The predicted molar refractivity (Wildman–Crippen MR) is 94.8 cm³/mol. The standard InChI is InChI=1S/C18H16N6O2/c1-12-20-22-23-24(12)15-9-5-8-14(10-15)19-18(25)16-11-17(26-21-16)13-6-3-2-4-7-13/h2-10,17H,11H2,1H3,(H,19,25). The smallest absolute Gasteiger partial charge is 0.273 e. The number of anilines is 1. The molecule has 0 spiro atoms. The molecule has 0 bridgehead atoms. The SMILES string of the molecule is Cc1nnnn1-c1cccc(NC(=O)C2=NOC(c3ccccc3)C2)c1. The quantitative estimate of drug-likeness (QED) is 0.781. The van der Waals surface area contributed by atoms with Gasteiger partial charge in [-0.3, -0.25) is 4.79 Å². The van der Waals surface area contributed by atoms with Crippen LogP contribution in [0.4, 0.5) is 5.69 Å². The van der Waals surface area contributed by atoms with Crippen molar-refractivity contribution in [3.8, 4) is 5.69 Å². The van der Waals surface area contributed by atoms with Gasteiger partial charge in [-0.2, -0.15) is 4.68 Å². The Hall–Kier alpha value is -3.55. The van der Waals surface area contributed by atoms with Gasteiger partial charge in [-0.15, -0.1) is 5.10 Å². The molecule has 0 aliphatic carbocycles. The van der Waals surface area contributed by atoms with E-state index in [1.165, 1.54) is 0 Å². The van der Waals surface area contributed by atoms with Crippen LogP contribution in [0.5, 0.6) is 0 Å². The van der Waals surface area contributed by atoms with E-state index in [9.17, 15) is 4.79 Å². The summed E-state index contributed by atoms with van der Waals surface area (Å²) in [6.07, 6.45) is 0.203. The third kappa shape index (κ3) is 3.16. The zero-order chi connectivity index (χ0) is 17.9. The molecule has 1 atom stereocenters. The zero-order valence-corrected chi connectivity index (χ0v) is 14.0. The molecule has 1 aromatic heterocycles. The number of benzene rings is 2. The molecule has 0 fully saturated rings. The van der Waals surface area contributed by atoms with Crippen LogP contribution in [-0.2, 0) is 9.63 Å². The lowest BCUT2D eigenvalue weighted by molar-refractivity contribution is -0.110. The highest BCUT2D eigenvalue weighted by Gasteiger charge is 2.27. The largest absolute Gasteiger partial charge is 0.387 e. The van der Waals surface area contributed by atoms with Gasteiger partial charge in [-0.25, -0.2) is 0 Å². The fourth-order valence-corrected chi connectivity index (χ4v) is 2.75. The van der Waals surface area contributed by atoms with E-state index >= 15 is 0 Å². The lowest BCUT2D eigenvalue weighted by atomic mass is 10.0. The van der Waals surface area contributed by atoms with E-state index in [-0.39, 0.29) is 12.0 Å². The molecular weight excluding hydrogens is 332 g/mol. The predicted octanol–water partition coefficient (Wildman–Crippen LogP) is 2.43. The zero-order valence-electron chi connectivity index (χ0n) is 14.0. The third-order valence-electron chi connectivity index (χ3n) is 4.08. The van der Waals surface area contributed by atoms with E-state index < -0.39 is 0 Å². The highest BCUT2D eigenvalue weighted by Crippen LogP contribution is 2.27. The Bertz CT molecular complexity index is 967. The van der Waals surface area contributed by atoms with Crippen LogP contribution in [0.25, 0.3) is 5.69 Å². The van der Waals surface area contributed by atoms with Crippen molar-refractivity contribution in [2.75, 3.05) is 5.32 Å². The number of tetrazole rings is 1. The van der Waals surface area contributed by atoms with Gasteiger partial charge < -0.3 is 10.2 Å². The number of carbonyl (C=O) groups excluding carboxylic acids is 1. The maximum absolute atomic E-state index is 12.5. The lowest BCUT2D eigenvalue weighted by Crippen LogP contribution is -2.22. The van der Waals surface area contributed by atoms with Crippen LogP contribution < -0.4 is 5.32 Å². The molecule has 8 heteroatoms. The summed E-state index contributed by atoms with van der Waals surface area (Å²) in [5.41, 5.74) is 2.75. The number of rotatable bonds is 4. The molecule has 4 rings (SSSR count). The van der Waals surface area contributed by atoms with E-state index in [1.54, 1.807) is 23.7 Å². The maximum Gasteiger partial charge on any atom is 0.273 e. The summed E-state index contributed by atoms with van der Waals surface area (Å²) in [6.45, 7) is 1.81. The minimum absolute atomic E-state index is 0.229. The van der Waals surface area contributed by atoms with Crippen molar-refractivity contribution in [3.63, 3.8) is 0 Å². The number of aryl methyl sites for hydroxylation is 1. The van der Waals surface area contributed by atoms with Crippen LogP contribution in [-0.4, -0.2) is 31.8 Å². The molecule has 0 saturated carbocycles. The maximum atomic E-state index is 12.5. The van der Waals surface area contributed by atoms with Crippen LogP contribution in [0, 0.1) is 6.92 Å². The molecule has 1 N–H and O–H groups in total. The molecule has 8 nitrogen and oxygen atoms in total. The van der Waals surface area contributed by atoms with Gasteiger partial charge in [-0.1, -0.05) is 41.6 Å². The normalized spacial score (nSPS) is 16.0. The first-order valence-electron chi connectivity index (χ1n) is 8.15.